The summed E-state index contributed by atoms with van der Waals surface area (Å²) in [6.07, 6.45) is 0. The van der Waals surface area contributed by atoms with Gasteiger partial charge < -0.3 is 10.2 Å². The van der Waals surface area contributed by atoms with Crippen LogP contribution in [0, 0.1) is 14.3 Å². The van der Waals surface area contributed by atoms with Gasteiger partial charge in [-0.1, -0.05) is 0 Å². The number of hydrogen-bond acceptors (Lipinski definition) is 2. The van der Waals surface area contributed by atoms with Gasteiger partial charge >= 0.3 is 11.9 Å². The van der Waals surface area contributed by atoms with Crippen molar-refractivity contribution >= 4 is 11.9 Å². The monoisotopic (exact) mass is 331 g/mol. The van der Waals surface area contributed by atoms with Gasteiger partial charge in [0.15, 0.2) is 0 Å². The third-order valence-corrected chi connectivity index (χ3v) is 0.183. The summed E-state index contributed by atoms with van der Waals surface area (Å²) in [6.45, 7) is 0. The number of hydrogen-bond donors (Lipinski definition) is 2. The Labute approximate surface area is 47.0 Å². The third kappa shape index (κ3) is 5.33. The molecule has 0 aliphatic carbocycles. The van der Waals surface area contributed by atoms with E-state index in [2.05, 4.69) is 0 Å². The summed E-state index contributed by atoms with van der Waals surface area (Å²) in [5.41, 5.74) is 0. The van der Waals surface area contributed by atoms with Gasteiger partial charge in [-0.05, 0) is 0 Å². The summed E-state index contributed by atoms with van der Waals surface area (Å²) in [6, 6.07) is 0. The molecule has 0 bridgehead atoms. The Morgan fingerprint density at radius 3 is 1.14 bits per heavy atom. The molecule has 0 saturated heterocycles. The van der Waals surface area contributed by atoms with Crippen LogP contribution in [-0.4, -0.2) is 22.2 Å². The molecule has 0 aliphatic heterocycles. The summed E-state index contributed by atoms with van der Waals surface area (Å²) in [4.78, 5) is 18.2. The minimum absolute atomic E-state index is 0. The smallest absolute Gasteiger partial charge is 0.414 e. The van der Waals surface area contributed by atoms with Crippen molar-refractivity contribution in [2.45, 2.75) is 0 Å². The molecule has 4 nitrogen and oxygen atoms in total. The molecule has 0 aromatic rings. The fourth-order valence-corrected chi connectivity index (χ4v) is 0. The molecule has 2 N–H and O–H groups in total. The molecule has 0 rings (SSSR count). The van der Waals surface area contributed by atoms with Crippen molar-refractivity contribution in [1.82, 2.24) is 0 Å². The van der Waals surface area contributed by atoms with Crippen molar-refractivity contribution in [2.24, 2.45) is 0 Å². The van der Waals surface area contributed by atoms with Crippen LogP contribution >= 0.6 is 0 Å². The van der Waals surface area contributed by atoms with E-state index in [1.54, 1.807) is 0 Å². The average Bonchev–Trinajstić information content (AvgIpc) is 1.36. The van der Waals surface area contributed by atoms with Crippen LogP contribution in [0.2, 0.25) is 0 Å². The molecule has 0 heterocycles. The minimum atomic E-state index is -1.82. The van der Waals surface area contributed by atoms with Crippen molar-refractivity contribution in [2.75, 3.05) is 0 Å². The maximum absolute atomic E-state index is 9.10. The summed E-state index contributed by atoms with van der Waals surface area (Å²) in [5, 5.41) is 14.8. The van der Waals surface area contributed by atoms with Gasteiger partial charge in [0, 0.05) is 14.3 Å². The van der Waals surface area contributed by atoms with Gasteiger partial charge in [0.05, 0.1) is 0 Å². The second-order valence-corrected chi connectivity index (χ2v) is 0.610. The fourth-order valence-electron chi connectivity index (χ4n) is 0. The second kappa shape index (κ2) is 3.52. The van der Waals surface area contributed by atoms with Crippen LogP contribution < -0.4 is 0 Å². The van der Waals surface area contributed by atoms with Crippen LogP contribution in [0.5, 0.6) is 0 Å². The Morgan fingerprint density at radius 2 is 1.14 bits per heavy atom. The van der Waals surface area contributed by atoms with Crippen LogP contribution in [0.3, 0.4) is 0 Å². The van der Waals surface area contributed by atoms with E-state index in [9.17, 15) is 0 Å². The zero-order chi connectivity index (χ0) is 5.15. The molecule has 0 spiro atoms. The molecule has 7 heavy (non-hydrogen) atoms. The first-order chi connectivity index (χ1) is 2.64. The molecule has 0 aliphatic rings. The van der Waals surface area contributed by atoms with Gasteiger partial charge in [0.25, 0.3) is 0 Å². The fraction of sp³-hybridized carbons (Fsp3) is 0. The Kier molecular flexibility index (Phi) is 4.82. The van der Waals surface area contributed by atoms with E-state index in [1.807, 2.05) is 0 Å². The molecule has 0 amide bonds. The van der Waals surface area contributed by atoms with Gasteiger partial charge in [-0.15, -0.1) is 0 Å². The van der Waals surface area contributed by atoms with E-state index >= 15 is 0 Å². The van der Waals surface area contributed by atoms with E-state index in [4.69, 9.17) is 19.8 Å². The second-order valence-electron chi connectivity index (χ2n) is 0.610. The Morgan fingerprint density at radius 1 is 1.00 bits per heavy atom. The molecule has 0 unspecified atom stereocenters. The van der Waals surface area contributed by atoms with E-state index in [0.717, 1.165) is 0 Å². The molecule has 0 atom stereocenters. The summed E-state index contributed by atoms with van der Waals surface area (Å²) in [7, 11) is 0. The van der Waals surface area contributed by atoms with E-state index in [-0.39, 0.29) is 14.3 Å². The van der Waals surface area contributed by atoms with E-state index in [0.29, 0.717) is 0 Å². The maximum atomic E-state index is 9.10. The van der Waals surface area contributed by atoms with Gasteiger partial charge in [0.1, 0.15) is 0 Å². The molecule has 0 aromatic carbocycles. The molecule has 0 aromatic heterocycles. The van der Waals surface area contributed by atoms with Gasteiger partial charge in [-0.3, -0.25) is 0 Å². The first-order valence-corrected chi connectivity index (χ1v) is 1.11. The topological polar surface area (TPSA) is 74.6 Å². The Balaban J connectivity index is 0. The maximum Gasteiger partial charge on any atom is 0.414 e. The minimum Gasteiger partial charge on any atom is -0.473 e. The molecule has 0 saturated carbocycles. The zero-order valence-corrected chi connectivity index (χ0v) is 6.24. The van der Waals surface area contributed by atoms with Crippen molar-refractivity contribution in [3.05, 3.63) is 0 Å². The standard InChI is InChI=1S/C2H2O4.Am/c3-1(4)2(5)6;/h(H,3,4)(H,5,6);. The van der Waals surface area contributed by atoms with Crippen LogP contribution in [0.15, 0.2) is 0 Å². The van der Waals surface area contributed by atoms with Crippen molar-refractivity contribution < 1.29 is 34.1 Å². The predicted octanol–water partition coefficient (Wildman–Crippen LogP) is -0.844. The van der Waals surface area contributed by atoms with Crippen LogP contribution in [0.1, 0.15) is 0 Å². The van der Waals surface area contributed by atoms with Gasteiger partial charge in [-0.2, -0.15) is 0 Å². The quantitative estimate of drug-likeness (QED) is 0.567. The first kappa shape index (κ1) is 9.59. The molecule has 0 fully saturated rings. The van der Waals surface area contributed by atoms with Gasteiger partial charge in [0.2, 0.25) is 0 Å². The van der Waals surface area contributed by atoms with Crippen molar-refractivity contribution in [3.63, 3.8) is 0 Å². The summed E-state index contributed by atoms with van der Waals surface area (Å²) in [5.74, 6) is -3.65. The van der Waals surface area contributed by atoms with Crippen LogP contribution in [0.25, 0.3) is 0 Å². The Hall–Kier alpha value is -0.670. The molecule has 1 radical (unpaired) electrons. The number of carbonyl (C=O) groups is 2. The summed E-state index contributed by atoms with van der Waals surface area (Å²) >= 11 is 0. The normalized spacial score (nSPS) is 6.29. The first-order valence-electron chi connectivity index (χ1n) is 1.11. The zero-order valence-electron chi connectivity index (χ0n) is 3.09. The molecule has 41 valence electrons. The van der Waals surface area contributed by atoms with Gasteiger partial charge in [-0.25, -0.2) is 9.59 Å². The summed E-state index contributed by atoms with van der Waals surface area (Å²) < 4.78 is 0. The predicted molar refractivity (Wildman–Crippen MR) is 15.3 cm³/mol. The number of aliphatic carboxylic acids is 2. The number of carboxylic acid groups (broad SMARTS) is 2. The molecule has 5 heteroatoms. The molecular formula is C2H2AmO4. The average molecular weight is 333 g/mol. The van der Waals surface area contributed by atoms with Crippen molar-refractivity contribution in [3.8, 4) is 0 Å². The largest absolute Gasteiger partial charge is 0.473 e. The number of rotatable bonds is 0. The molecular weight excluding hydrogens is 331 g/mol. The Bertz CT molecular complexity index is 75.7. The third-order valence-electron chi connectivity index (χ3n) is 0.183. The number of carboxylic acids is 2. The van der Waals surface area contributed by atoms with Crippen molar-refractivity contribution in [1.29, 1.82) is 0 Å². The van der Waals surface area contributed by atoms with E-state index in [1.165, 1.54) is 0 Å². The van der Waals surface area contributed by atoms with E-state index < -0.39 is 11.9 Å². The SMILES string of the molecule is O=C(O)C(=O)O.[Am]. The van der Waals surface area contributed by atoms with Crippen LogP contribution in [-0.2, 0) is 9.59 Å². The van der Waals surface area contributed by atoms with Crippen LogP contribution in [0.4, 0.5) is 0 Å².